The molecule has 0 radical (unpaired) electrons. The third kappa shape index (κ3) is 5.39. The van der Waals surface area contributed by atoms with Crippen LogP contribution in [0.2, 0.25) is 0 Å². The molecule has 0 aromatic carbocycles. The molecule has 0 amide bonds. The average Bonchev–Trinajstić information content (AvgIpc) is 2.92. The maximum absolute atomic E-state index is 10.1. The van der Waals surface area contributed by atoms with Crippen LogP contribution in [0, 0.1) is 0 Å². The van der Waals surface area contributed by atoms with E-state index in [4.69, 9.17) is 12.2 Å². The van der Waals surface area contributed by atoms with E-state index in [0.717, 1.165) is 11.7 Å². The highest BCUT2D eigenvalue weighted by atomic mass is 32.1. The lowest BCUT2D eigenvalue weighted by Crippen LogP contribution is -2.42. The van der Waals surface area contributed by atoms with Crippen LogP contribution in [0.15, 0.2) is 0 Å². The number of aromatic nitrogens is 2. The van der Waals surface area contributed by atoms with Crippen LogP contribution < -0.4 is 15.0 Å². The smallest absolute Gasteiger partial charge is 0.270 e. The van der Waals surface area contributed by atoms with E-state index in [-0.39, 0.29) is 18.0 Å². The van der Waals surface area contributed by atoms with Crippen molar-refractivity contribution in [2.75, 3.05) is 44.3 Å². The number of ether oxygens (including phenoxy) is 2. The van der Waals surface area contributed by atoms with Crippen molar-refractivity contribution in [1.29, 1.82) is 0 Å². The molecular weight excluding hydrogens is 292 g/mol. The summed E-state index contributed by atoms with van der Waals surface area (Å²) >= 11 is 0.958. The van der Waals surface area contributed by atoms with Crippen molar-refractivity contribution >= 4 is 17.5 Å². The number of β-amino-alcohol motifs (C(OH)–C–C–N with tert-alkyl or cyclic N) is 1. The van der Waals surface area contributed by atoms with Crippen LogP contribution >= 0.6 is 11.7 Å². The summed E-state index contributed by atoms with van der Waals surface area (Å²) < 4.78 is 34.8. The van der Waals surface area contributed by atoms with Crippen LogP contribution in [0.4, 0.5) is 5.82 Å². The molecule has 1 aromatic heterocycles. The normalized spacial score (nSPS) is 19.9. The minimum atomic E-state index is -2.27. The van der Waals surface area contributed by atoms with Gasteiger partial charge in [-0.05, 0) is 20.8 Å². The zero-order valence-electron chi connectivity index (χ0n) is 14.6. The number of morpholine rings is 1. The van der Waals surface area contributed by atoms with Gasteiger partial charge in [0.1, 0.15) is 12.7 Å². The van der Waals surface area contributed by atoms with Crippen LogP contribution in [0.5, 0.6) is 5.88 Å². The lowest BCUT2D eigenvalue weighted by Gasteiger charge is -2.27. The van der Waals surface area contributed by atoms with Gasteiger partial charge in [0.25, 0.3) is 5.88 Å². The Morgan fingerprint density at radius 1 is 1.48 bits per heavy atom. The number of nitrogens with zero attached hydrogens (tertiary/aromatic N) is 3. The van der Waals surface area contributed by atoms with Crippen LogP contribution in [0.25, 0.3) is 0 Å². The van der Waals surface area contributed by atoms with Gasteiger partial charge < -0.3 is 24.8 Å². The van der Waals surface area contributed by atoms with E-state index in [1.165, 1.54) is 0 Å². The van der Waals surface area contributed by atoms with Gasteiger partial charge in [0, 0.05) is 25.2 Å². The number of rotatable bonds is 6. The lowest BCUT2D eigenvalue weighted by molar-refractivity contribution is 0.0975. The molecule has 0 unspecified atom stereocenters. The van der Waals surface area contributed by atoms with Gasteiger partial charge >= 0.3 is 0 Å². The molecule has 1 atom stereocenters. The third-order valence-corrected chi connectivity index (χ3v) is 3.37. The summed E-state index contributed by atoms with van der Waals surface area (Å²) in [5.41, 5.74) is -0.224. The van der Waals surface area contributed by atoms with Crippen molar-refractivity contribution in [3.8, 4) is 5.88 Å². The predicted octanol–water partition coefficient (Wildman–Crippen LogP) is 0.502. The number of anilines is 1. The number of hydrogen-bond acceptors (Lipinski definition) is 8. The summed E-state index contributed by atoms with van der Waals surface area (Å²) in [4.78, 5) is 1.94. The Kier molecular flexibility index (Phi) is 4.79. The first-order chi connectivity index (χ1) is 10.7. The molecule has 1 aliphatic heterocycles. The Labute approximate surface area is 132 Å². The molecule has 2 N–H and O–H groups in total. The van der Waals surface area contributed by atoms with Gasteiger partial charge in [-0.25, -0.2) is 0 Å². The Balaban J connectivity index is 2.01. The molecule has 0 saturated carbocycles. The number of nitrogens with one attached hydrogen (secondary N) is 1. The van der Waals surface area contributed by atoms with Crippen molar-refractivity contribution in [3.05, 3.63) is 0 Å². The first-order valence-corrected chi connectivity index (χ1v) is 7.69. The molecule has 1 aromatic rings. The van der Waals surface area contributed by atoms with Gasteiger partial charge in [-0.2, -0.15) is 4.37 Å². The highest BCUT2D eigenvalue weighted by molar-refractivity contribution is 6.99. The first kappa shape index (κ1) is 13.7. The quantitative estimate of drug-likeness (QED) is 0.791. The maximum Gasteiger partial charge on any atom is 0.270 e. The van der Waals surface area contributed by atoms with E-state index in [0.29, 0.717) is 32.1 Å². The van der Waals surface area contributed by atoms with Crippen LogP contribution in [-0.2, 0) is 4.74 Å². The first-order valence-electron chi connectivity index (χ1n) is 7.96. The van der Waals surface area contributed by atoms with Gasteiger partial charge in [-0.3, -0.25) is 0 Å². The van der Waals surface area contributed by atoms with Gasteiger partial charge in [-0.1, -0.05) is 0 Å². The Morgan fingerprint density at radius 2 is 2.19 bits per heavy atom. The zero-order chi connectivity index (χ0) is 17.1. The summed E-state index contributed by atoms with van der Waals surface area (Å²) in [5, 5.41) is 13.2. The summed E-state index contributed by atoms with van der Waals surface area (Å²) in [5.74, 6) is 0.606. The van der Waals surface area contributed by atoms with E-state index in [9.17, 15) is 5.11 Å². The van der Waals surface area contributed by atoms with Crippen molar-refractivity contribution < 1.29 is 17.3 Å². The van der Waals surface area contributed by atoms with E-state index in [1.54, 1.807) is 0 Å². The second-order valence-corrected chi connectivity index (χ2v) is 6.39. The van der Waals surface area contributed by atoms with E-state index in [1.807, 2.05) is 25.7 Å². The van der Waals surface area contributed by atoms with Crippen molar-refractivity contribution in [2.45, 2.75) is 32.4 Å². The topological polar surface area (TPSA) is 79.7 Å². The van der Waals surface area contributed by atoms with Gasteiger partial charge in [-0.15, -0.1) is 4.37 Å². The van der Waals surface area contributed by atoms with Crippen LogP contribution in [-0.4, -0.2) is 64.9 Å². The average molecular weight is 318 g/mol. The fourth-order valence-electron chi connectivity index (χ4n) is 1.78. The second-order valence-electron chi connectivity index (χ2n) is 5.86. The summed E-state index contributed by atoms with van der Waals surface area (Å²) in [6, 6.07) is 0. The lowest BCUT2D eigenvalue weighted by atomic mass is 10.1. The van der Waals surface area contributed by atoms with Crippen LogP contribution in [0.3, 0.4) is 0 Å². The van der Waals surface area contributed by atoms with Crippen molar-refractivity contribution in [3.63, 3.8) is 0 Å². The molecule has 2 heterocycles. The van der Waals surface area contributed by atoms with E-state index in [2.05, 4.69) is 14.1 Å². The predicted molar refractivity (Wildman–Crippen MR) is 82.2 cm³/mol. The Bertz CT molecular complexity index is 504. The highest BCUT2D eigenvalue weighted by Gasteiger charge is 2.21. The van der Waals surface area contributed by atoms with Gasteiger partial charge in [0.15, 0.2) is 0 Å². The molecule has 0 aliphatic carbocycles. The number of aliphatic hydroxyl groups excluding tert-OH is 1. The molecule has 0 spiro atoms. The molecule has 8 heteroatoms. The Morgan fingerprint density at radius 3 is 2.86 bits per heavy atom. The minimum Gasteiger partial charge on any atom is -0.472 e. The summed E-state index contributed by atoms with van der Waals surface area (Å²) in [7, 11) is 0. The molecule has 120 valence electrons. The van der Waals surface area contributed by atoms with Crippen molar-refractivity contribution in [2.24, 2.45) is 0 Å². The number of aliphatic hydroxyl groups is 1. The van der Waals surface area contributed by atoms with Crippen LogP contribution in [0.1, 0.15) is 23.5 Å². The highest BCUT2D eigenvalue weighted by Crippen LogP contribution is 2.26. The van der Waals surface area contributed by atoms with E-state index >= 15 is 0 Å². The molecule has 1 saturated heterocycles. The SMILES string of the molecule is [2H]C([2H])(Oc1nsnc1N1CCOCC1)[C@@H](O)CNC(C)(C)C. The van der Waals surface area contributed by atoms with Gasteiger partial charge in [0.2, 0.25) is 5.82 Å². The summed E-state index contributed by atoms with van der Waals surface area (Å²) in [6.45, 7) is 6.10. The fraction of sp³-hybridized carbons (Fsp3) is 0.846. The molecule has 2 rings (SSSR count). The largest absolute Gasteiger partial charge is 0.472 e. The summed E-state index contributed by atoms with van der Waals surface area (Å²) in [6.07, 6.45) is -1.33. The molecular formula is C13H24N4O3S. The standard InChI is InChI=1S/C13H24N4O3S/c1-13(2,3)14-8-10(18)9-20-12-11(15-21-16-12)17-4-6-19-7-5-17/h10,14,18H,4-9H2,1-3H3/t10-/m0/s1/i9D2. The molecule has 1 fully saturated rings. The monoisotopic (exact) mass is 318 g/mol. The fourth-order valence-corrected chi connectivity index (χ4v) is 2.28. The number of hydrogen-bond donors (Lipinski definition) is 2. The minimum absolute atomic E-state index is 0.0704. The Hall–Kier alpha value is -0.960. The maximum atomic E-state index is 10.1. The molecule has 0 bridgehead atoms. The molecule has 21 heavy (non-hydrogen) atoms. The molecule has 7 nitrogen and oxygen atoms in total. The molecule has 1 aliphatic rings. The van der Waals surface area contributed by atoms with Crippen molar-refractivity contribution in [1.82, 2.24) is 14.1 Å². The third-order valence-electron chi connectivity index (χ3n) is 2.87. The second kappa shape index (κ2) is 7.35. The zero-order valence-corrected chi connectivity index (χ0v) is 13.4. The van der Waals surface area contributed by atoms with Gasteiger partial charge in [0.05, 0.1) is 27.7 Å². The van der Waals surface area contributed by atoms with E-state index < -0.39 is 12.7 Å².